The molecule has 0 atom stereocenters. The monoisotopic (exact) mass is 905 g/mol. The number of aromatic nitrogens is 3. The van der Waals surface area contributed by atoms with Crippen molar-refractivity contribution >= 4 is 70.7 Å². The standard InChI is InChI=1S/C9H7NO2.C7H14O2S.C6H14S.C5H9NO.C5H9NS.C5H7N.C4H6N2.C3H5NS/c1-10-8(11)6-4-2-3-5-7(6)9(10)12;1-5-9-6(8)7(2,3)10-4;1-5-6(2,3)7-4;1-6-4-2-3-5(6)7;1-5(2,4-6)7-3;1-6-4-2-3-5-6;1-6-3-2-5-4-6;1-5-3-2-4/h2-5H,1H3;5H2,1-4H3;5H2,1-4H3;2-4H2,1H3;1-3H3;2-5H,1H3;2-4H,1H3;3H2,1H3. The number of carbonyl (C=O) groups is 4. The summed E-state index contributed by atoms with van der Waals surface area (Å²) >= 11 is 6.53. The average molecular weight is 906 g/mol. The Morgan fingerprint density at radius 3 is 1.52 bits per heavy atom. The molecule has 0 radical (unpaired) electrons. The topological polar surface area (TPSA) is 154 Å². The van der Waals surface area contributed by atoms with Crippen molar-refractivity contribution in [3.8, 4) is 12.1 Å². The number of hydrogen-bond donors (Lipinski definition) is 0. The molecule has 2 aliphatic rings. The zero-order valence-electron chi connectivity index (χ0n) is 38.9. The molecule has 1 saturated heterocycles. The number of fused-ring (bicyclic) bond motifs is 1. The van der Waals surface area contributed by atoms with E-state index in [9.17, 15) is 19.2 Å². The third-order valence-electron chi connectivity index (χ3n) is 8.37. The highest BCUT2D eigenvalue weighted by Crippen LogP contribution is 2.24. The zero-order valence-corrected chi connectivity index (χ0v) is 42.2. The summed E-state index contributed by atoms with van der Waals surface area (Å²) in [7, 11) is 7.27. The Kier molecular flexibility index (Phi) is 34.1. The summed E-state index contributed by atoms with van der Waals surface area (Å²) in [6.07, 6.45) is 20.4. The van der Waals surface area contributed by atoms with Crippen LogP contribution in [0.2, 0.25) is 0 Å². The molecule has 0 saturated carbocycles. The number of nitriles is 2. The van der Waals surface area contributed by atoms with E-state index in [2.05, 4.69) is 38.1 Å². The highest BCUT2D eigenvalue weighted by molar-refractivity contribution is 8.00. The third kappa shape index (κ3) is 28.6. The smallest absolute Gasteiger partial charge is 0.321 e. The molecule has 12 nitrogen and oxygen atoms in total. The van der Waals surface area contributed by atoms with Crippen LogP contribution in [0, 0.1) is 22.7 Å². The van der Waals surface area contributed by atoms with Crippen molar-refractivity contribution < 1.29 is 23.9 Å². The normalized spacial score (nSPS) is 12.3. The van der Waals surface area contributed by atoms with Gasteiger partial charge in [0.15, 0.2) is 0 Å². The van der Waals surface area contributed by atoms with Gasteiger partial charge in [-0.05, 0) is 96.7 Å². The second-order valence-corrected chi connectivity index (χ2v) is 19.6. The molecular weight excluding hydrogens is 835 g/mol. The number of imide groups is 1. The van der Waals surface area contributed by atoms with Gasteiger partial charge in [-0.3, -0.25) is 24.1 Å². The first-order chi connectivity index (χ1) is 28.0. The number of ether oxygens (including phenoxy) is 1. The third-order valence-corrected chi connectivity index (χ3v) is 12.5. The molecule has 2 aliphatic heterocycles. The first-order valence-corrected chi connectivity index (χ1v) is 24.3. The van der Waals surface area contributed by atoms with Gasteiger partial charge in [-0.25, -0.2) is 4.98 Å². The highest BCUT2D eigenvalue weighted by Gasteiger charge is 2.31. The summed E-state index contributed by atoms with van der Waals surface area (Å²) in [5, 5.41) is 16.1. The van der Waals surface area contributed by atoms with Crippen LogP contribution < -0.4 is 0 Å². The lowest BCUT2D eigenvalue weighted by atomic mass is 10.1. The van der Waals surface area contributed by atoms with Gasteiger partial charge < -0.3 is 18.8 Å². The Balaban J connectivity index is -0.000000629. The van der Waals surface area contributed by atoms with Crippen LogP contribution in [0.4, 0.5) is 0 Å². The number of carbonyl (C=O) groups excluding carboxylic acids is 4. The number of nitrogens with zero attached hydrogens (tertiary/aromatic N) is 7. The Bertz CT molecular complexity index is 1630. The lowest BCUT2D eigenvalue weighted by Gasteiger charge is -2.18. The van der Waals surface area contributed by atoms with Gasteiger partial charge in [0, 0.05) is 70.7 Å². The van der Waals surface area contributed by atoms with E-state index >= 15 is 0 Å². The van der Waals surface area contributed by atoms with E-state index in [-0.39, 0.29) is 22.5 Å². The van der Waals surface area contributed by atoms with Gasteiger partial charge in [0.1, 0.15) is 4.75 Å². The average Bonchev–Trinajstić information content (AvgIpc) is 4.06. The van der Waals surface area contributed by atoms with E-state index in [1.54, 1.807) is 65.2 Å². The van der Waals surface area contributed by atoms with Crippen molar-refractivity contribution in [1.29, 1.82) is 10.5 Å². The lowest BCUT2D eigenvalue weighted by molar-refractivity contribution is -0.145. The number of thioether (sulfide) groups is 4. The minimum Gasteiger partial charge on any atom is -0.465 e. The van der Waals surface area contributed by atoms with Crippen molar-refractivity contribution in [1.82, 2.24) is 23.9 Å². The minimum atomic E-state index is -0.393. The molecule has 1 fully saturated rings. The van der Waals surface area contributed by atoms with Gasteiger partial charge >= 0.3 is 5.97 Å². The minimum absolute atomic E-state index is 0.137. The second kappa shape index (κ2) is 33.8. The van der Waals surface area contributed by atoms with Crippen molar-refractivity contribution in [2.24, 2.45) is 14.1 Å². The van der Waals surface area contributed by atoms with E-state index in [1.807, 2.05) is 132 Å². The Hall–Kier alpha value is -3.83. The van der Waals surface area contributed by atoms with Gasteiger partial charge in [0.05, 0.1) is 46.7 Å². The predicted molar refractivity (Wildman–Crippen MR) is 258 cm³/mol. The predicted octanol–water partition coefficient (Wildman–Crippen LogP) is 9.35. The molecule has 3 aromatic rings. The maximum atomic E-state index is 11.3. The van der Waals surface area contributed by atoms with Crippen LogP contribution >= 0.6 is 47.0 Å². The van der Waals surface area contributed by atoms with E-state index in [1.165, 1.54) is 25.2 Å². The van der Waals surface area contributed by atoms with Crippen LogP contribution in [0.25, 0.3) is 0 Å². The van der Waals surface area contributed by atoms with Crippen molar-refractivity contribution in [2.75, 3.05) is 58.0 Å². The molecule has 336 valence electrons. The van der Waals surface area contributed by atoms with Crippen LogP contribution in [0.3, 0.4) is 0 Å². The molecule has 60 heavy (non-hydrogen) atoms. The van der Waals surface area contributed by atoms with Crippen molar-refractivity contribution in [3.05, 3.63) is 78.6 Å². The lowest BCUT2D eigenvalue weighted by Crippen LogP contribution is -2.29. The van der Waals surface area contributed by atoms with Crippen LogP contribution in [-0.4, -0.2) is 120 Å². The van der Waals surface area contributed by atoms with Gasteiger partial charge in [-0.15, -0.1) is 23.5 Å². The second-order valence-electron chi connectivity index (χ2n) is 14.4. The first-order valence-electron chi connectivity index (χ1n) is 19.3. The quantitative estimate of drug-likeness (QED) is 0.164. The van der Waals surface area contributed by atoms with Gasteiger partial charge in [0.25, 0.3) is 11.8 Å². The maximum Gasteiger partial charge on any atom is 0.321 e. The number of hydrogen-bond acceptors (Lipinski definition) is 12. The number of aryl methyl sites for hydroxylation is 2. The number of benzene rings is 1. The summed E-state index contributed by atoms with van der Waals surface area (Å²) in [6, 6.07) is 15.0. The first kappa shape index (κ1) is 60.5. The summed E-state index contributed by atoms with van der Waals surface area (Å²) in [5.41, 5.74) is 1.01. The maximum absolute atomic E-state index is 11.3. The van der Waals surface area contributed by atoms with Crippen LogP contribution in [0.1, 0.15) is 95.4 Å². The molecule has 0 bridgehead atoms. The molecular formula is C44H71N7O5S4. The largest absolute Gasteiger partial charge is 0.465 e. The zero-order chi connectivity index (χ0) is 47.0. The fourth-order valence-electron chi connectivity index (χ4n) is 3.48. The molecule has 0 N–H and O–H groups in total. The van der Waals surface area contributed by atoms with Crippen molar-refractivity contribution in [3.63, 3.8) is 0 Å². The molecule has 0 aliphatic carbocycles. The fourth-order valence-corrected chi connectivity index (χ4v) is 4.22. The van der Waals surface area contributed by atoms with Crippen molar-refractivity contribution in [2.45, 2.75) is 88.9 Å². The number of imidazole rings is 1. The summed E-state index contributed by atoms with van der Waals surface area (Å²) < 4.78 is 8.64. The van der Waals surface area contributed by atoms with E-state index in [0.717, 1.165) is 24.3 Å². The number of rotatable bonds is 7. The van der Waals surface area contributed by atoms with Gasteiger partial charge in [-0.1, -0.05) is 32.9 Å². The van der Waals surface area contributed by atoms with Crippen LogP contribution in [0.5, 0.6) is 0 Å². The molecule has 0 unspecified atom stereocenters. The number of amides is 3. The van der Waals surface area contributed by atoms with Crippen LogP contribution in [0.15, 0.2) is 67.5 Å². The number of likely N-dealkylation sites (tertiary alicyclic amines) is 1. The van der Waals surface area contributed by atoms with E-state index in [4.69, 9.17) is 15.3 Å². The van der Waals surface area contributed by atoms with E-state index < -0.39 is 4.75 Å². The number of esters is 1. The van der Waals surface area contributed by atoms with E-state index in [0.29, 0.717) is 34.1 Å². The molecule has 4 heterocycles. The summed E-state index contributed by atoms with van der Waals surface area (Å²) in [6.45, 7) is 17.5. The van der Waals surface area contributed by atoms with Crippen LogP contribution in [-0.2, 0) is 28.4 Å². The summed E-state index contributed by atoms with van der Waals surface area (Å²) in [4.78, 5) is 50.9. The summed E-state index contributed by atoms with van der Waals surface area (Å²) in [5.74, 6) is 0.341. The molecule has 16 heteroatoms. The van der Waals surface area contributed by atoms with Gasteiger partial charge in [0.2, 0.25) is 5.91 Å². The molecule has 2 aromatic heterocycles. The molecule has 3 amide bonds. The molecule has 5 rings (SSSR count). The molecule has 0 spiro atoms. The Labute approximate surface area is 379 Å². The molecule has 1 aromatic carbocycles. The Morgan fingerprint density at radius 2 is 1.33 bits per heavy atom. The Morgan fingerprint density at radius 1 is 0.800 bits per heavy atom. The fraction of sp³-hybridized carbons (Fsp3) is 0.568. The highest BCUT2D eigenvalue weighted by atomic mass is 32.2. The SMILES string of the molecule is CCC(C)(C)SC.CCOC(=O)C(C)(C)SC.CN1C(=O)c2ccccc2C1=O.CN1CCCC1=O.CSC(C)(C)C#N.CSCC#N.Cn1cccc1.Cn1ccnc1. The van der Waals surface area contributed by atoms with Gasteiger partial charge in [-0.2, -0.15) is 34.0 Å².